The zero-order valence-electron chi connectivity index (χ0n) is 9.31. The number of halogens is 4. The average Bonchev–Trinajstić information content (AvgIpc) is 2.20. The van der Waals surface area contributed by atoms with Gasteiger partial charge in [0.15, 0.2) is 0 Å². The van der Waals surface area contributed by atoms with Gasteiger partial charge in [0.2, 0.25) is 0 Å². The Morgan fingerprint density at radius 3 is 2.24 bits per heavy atom. The molecule has 0 spiro atoms. The SMILES string of the molecule is COC(=O)[C@H](CCC(C)I)NC(=O)C(F)(F)F. The van der Waals surface area contributed by atoms with Crippen molar-refractivity contribution in [3.8, 4) is 0 Å². The highest BCUT2D eigenvalue weighted by atomic mass is 127. The first kappa shape index (κ1) is 16.5. The van der Waals surface area contributed by atoms with Gasteiger partial charge in [0.05, 0.1) is 7.11 Å². The van der Waals surface area contributed by atoms with E-state index in [2.05, 4.69) is 27.3 Å². The Labute approximate surface area is 110 Å². The maximum atomic E-state index is 12.0. The molecule has 1 N–H and O–H groups in total. The molecule has 4 nitrogen and oxygen atoms in total. The van der Waals surface area contributed by atoms with Crippen LogP contribution in [0.2, 0.25) is 0 Å². The first-order valence-corrected chi connectivity index (χ1v) is 6.02. The van der Waals surface area contributed by atoms with E-state index in [0.717, 1.165) is 7.11 Å². The molecule has 0 radical (unpaired) electrons. The predicted molar refractivity (Wildman–Crippen MR) is 62.7 cm³/mol. The second-order valence-electron chi connectivity index (χ2n) is 3.41. The molecule has 0 fully saturated rings. The van der Waals surface area contributed by atoms with Crippen molar-refractivity contribution in [1.29, 1.82) is 0 Å². The van der Waals surface area contributed by atoms with Crippen LogP contribution in [0.25, 0.3) is 0 Å². The van der Waals surface area contributed by atoms with Gasteiger partial charge in [0.1, 0.15) is 6.04 Å². The van der Waals surface area contributed by atoms with Gasteiger partial charge in [-0.05, 0) is 12.8 Å². The average molecular weight is 367 g/mol. The maximum absolute atomic E-state index is 12.0. The summed E-state index contributed by atoms with van der Waals surface area (Å²) in [7, 11) is 1.06. The zero-order valence-corrected chi connectivity index (χ0v) is 11.5. The molecule has 1 amide bonds. The maximum Gasteiger partial charge on any atom is 0.471 e. The Balaban J connectivity index is 4.49. The molecule has 0 rings (SSSR count). The fraction of sp³-hybridized carbons (Fsp3) is 0.778. The molecule has 0 aromatic heterocycles. The lowest BCUT2D eigenvalue weighted by molar-refractivity contribution is -0.175. The van der Waals surface area contributed by atoms with Gasteiger partial charge in [0.25, 0.3) is 0 Å². The molecule has 1 unspecified atom stereocenters. The first-order valence-electron chi connectivity index (χ1n) is 4.78. The summed E-state index contributed by atoms with van der Waals surface area (Å²) >= 11 is 2.07. The van der Waals surface area contributed by atoms with Crippen LogP contribution in [-0.4, -0.2) is 35.1 Å². The van der Waals surface area contributed by atoms with Crippen LogP contribution in [0.5, 0.6) is 0 Å². The van der Waals surface area contributed by atoms with Crippen LogP contribution in [0.1, 0.15) is 19.8 Å². The molecule has 0 aliphatic carbocycles. The molecule has 0 aliphatic rings. The van der Waals surface area contributed by atoms with Crippen LogP contribution in [0, 0.1) is 0 Å². The molecular weight excluding hydrogens is 354 g/mol. The summed E-state index contributed by atoms with van der Waals surface area (Å²) in [6.45, 7) is 1.85. The summed E-state index contributed by atoms with van der Waals surface area (Å²) in [6.07, 6.45) is -4.39. The number of carbonyl (C=O) groups excluding carboxylic acids is 2. The fourth-order valence-corrected chi connectivity index (χ4v) is 1.39. The van der Waals surface area contributed by atoms with Gasteiger partial charge < -0.3 is 10.1 Å². The topological polar surface area (TPSA) is 55.4 Å². The van der Waals surface area contributed by atoms with Crippen molar-refractivity contribution in [2.45, 2.75) is 35.9 Å². The third-order valence-corrected chi connectivity index (χ3v) is 2.52. The molecule has 0 bridgehead atoms. The number of hydrogen-bond donors (Lipinski definition) is 1. The van der Waals surface area contributed by atoms with Crippen LogP contribution in [0.3, 0.4) is 0 Å². The van der Waals surface area contributed by atoms with Gasteiger partial charge in [0, 0.05) is 3.92 Å². The molecule has 0 saturated heterocycles. The molecule has 0 aromatic rings. The minimum atomic E-state index is -5.00. The number of nitrogens with one attached hydrogen (secondary N) is 1. The number of ether oxygens (including phenoxy) is 1. The Morgan fingerprint density at radius 2 is 1.88 bits per heavy atom. The van der Waals surface area contributed by atoms with Crippen molar-refractivity contribution in [2.24, 2.45) is 0 Å². The minimum absolute atomic E-state index is 0.110. The van der Waals surface area contributed by atoms with Gasteiger partial charge in [-0.25, -0.2) is 4.79 Å². The molecule has 2 atom stereocenters. The van der Waals surface area contributed by atoms with Gasteiger partial charge >= 0.3 is 18.1 Å². The molecule has 0 aromatic carbocycles. The summed E-state index contributed by atoms with van der Waals surface area (Å²) in [5.41, 5.74) is 0. The van der Waals surface area contributed by atoms with Crippen molar-refractivity contribution in [3.05, 3.63) is 0 Å². The van der Waals surface area contributed by atoms with Gasteiger partial charge in [-0.3, -0.25) is 4.79 Å². The molecule has 100 valence electrons. The van der Waals surface area contributed by atoms with Gasteiger partial charge in [-0.2, -0.15) is 13.2 Å². The Morgan fingerprint density at radius 1 is 1.35 bits per heavy atom. The van der Waals surface area contributed by atoms with Gasteiger partial charge in [-0.1, -0.05) is 29.5 Å². The molecular formula is C9H13F3INO3. The molecule has 17 heavy (non-hydrogen) atoms. The number of methoxy groups -OCH3 is 1. The normalized spacial score (nSPS) is 14.9. The lowest BCUT2D eigenvalue weighted by Crippen LogP contribution is -2.47. The van der Waals surface area contributed by atoms with Crippen molar-refractivity contribution >= 4 is 34.5 Å². The standard InChI is InChI=1S/C9H13F3INO3/c1-5(13)3-4-6(7(15)17-2)14-8(16)9(10,11)12/h5-6H,3-4H2,1-2H3,(H,14,16)/t5?,6-/m0/s1. The van der Waals surface area contributed by atoms with E-state index in [1.165, 1.54) is 0 Å². The highest BCUT2D eigenvalue weighted by Crippen LogP contribution is 2.16. The van der Waals surface area contributed by atoms with Crippen molar-refractivity contribution in [1.82, 2.24) is 5.32 Å². The summed E-state index contributed by atoms with van der Waals surface area (Å²) in [5, 5.41) is 1.62. The van der Waals surface area contributed by atoms with Crippen LogP contribution in [0.15, 0.2) is 0 Å². The summed E-state index contributed by atoms with van der Waals surface area (Å²) in [5.74, 6) is -3.01. The highest BCUT2D eigenvalue weighted by molar-refractivity contribution is 14.1. The summed E-state index contributed by atoms with van der Waals surface area (Å²) < 4.78 is 40.5. The third-order valence-electron chi connectivity index (χ3n) is 1.90. The number of carbonyl (C=O) groups is 2. The highest BCUT2D eigenvalue weighted by Gasteiger charge is 2.40. The Bertz CT molecular complexity index is 281. The smallest absolute Gasteiger partial charge is 0.467 e. The van der Waals surface area contributed by atoms with E-state index in [9.17, 15) is 22.8 Å². The number of esters is 1. The van der Waals surface area contributed by atoms with Crippen LogP contribution < -0.4 is 5.32 Å². The zero-order chi connectivity index (χ0) is 13.6. The molecule has 8 heteroatoms. The van der Waals surface area contributed by atoms with E-state index in [-0.39, 0.29) is 10.3 Å². The monoisotopic (exact) mass is 367 g/mol. The minimum Gasteiger partial charge on any atom is -0.467 e. The van der Waals surface area contributed by atoms with E-state index >= 15 is 0 Å². The Kier molecular flexibility index (Phi) is 6.80. The molecule has 0 saturated carbocycles. The Hall–Kier alpha value is -0.540. The van der Waals surface area contributed by atoms with Crippen LogP contribution in [0.4, 0.5) is 13.2 Å². The van der Waals surface area contributed by atoms with E-state index < -0.39 is 24.1 Å². The quantitative estimate of drug-likeness (QED) is 0.458. The van der Waals surface area contributed by atoms with Crippen molar-refractivity contribution < 1.29 is 27.5 Å². The fourth-order valence-electron chi connectivity index (χ4n) is 1.03. The van der Waals surface area contributed by atoms with Crippen molar-refractivity contribution in [3.63, 3.8) is 0 Å². The van der Waals surface area contributed by atoms with Gasteiger partial charge in [-0.15, -0.1) is 0 Å². The number of amides is 1. The predicted octanol–water partition coefficient (Wildman–Crippen LogP) is 1.81. The van der Waals surface area contributed by atoms with E-state index in [4.69, 9.17) is 0 Å². The van der Waals surface area contributed by atoms with Crippen LogP contribution >= 0.6 is 22.6 Å². The van der Waals surface area contributed by atoms with Crippen molar-refractivity contribution in [2.75, 3.05) is 7.11 Å². The third kappa shape index (κ3) is 6.69. The van der Waals surface area contributed by atoms with E-state index in [1.54, 1.807) is 5.32 Å². The number of hydrogen-bond acceptors (Lipinski definition) is 3. The summed E-state index contributed by atoms with van der Waals surface area (Å²) in [6, 6.07) is -1.26. The second kappa shape index (κ2) is 7.02. The van der Waals surface area contributed by atoms with Crippen LogP contribution in [-0.2, 0) is 14.3 Å². The van der Waals surface area contributed by atoms with E-state index in [1.807, 2.05) is 6.92 Å². The van der Waals surface area contributed by atoms with E-state index in [0.29, 0.717) is 6.42 Å². The first-order chi connectivity index (χ1) is 7.68. The number of alkyl halides is 4. The lowest BCUT2D eigenvalue weighted by Gasteiger charge is -2.17. The molecule has 0 heterocycles. The number of rotatable bonds is 5. The lowest BCUT2D eigenvalue weighted by atomic mass is 10.1. The second-order valence-corrected chi connectivity index (χ2v) is 5.53. The molecule has 0 aliphatic heterocycles. The largest absolute Gasteiger partial charge is 0.471 e. The summed E-state index contributed by atoms with van der Waals surface area (Å²) in [4.78, 5) is 21.9.